The van der Waals surface area contributed by atoms with Gasteiger partial charge in [-0.3, -0.25) is 4.98 Å². The van der Waals surface area contributed by atoms with E-state index in [0.29, 0.717) is 11.7 Å². The van der Waals surface area contributed by atoms with Crippen LogP contribution in [0.15, 0.2) is 73.5 Å². The van der Waals surface area contributed by atoms with E-state index in [9.17, 15) is 8.78 Å². The maximum Gasteiger partial charge on any atom is 0.201 e. The molecule has 0 spiro atoms. The second kappa shape index (κ2) is 15.1. The first-order chi connectivity index (χ1) is 18.0. The minimum atomic E-state index is -1.00. The predicted molar refractivity (Wildman–Crippen MR) is 149 cm³/mol. The van der Waals surface area contributed by atoms with E-state index in [4.69, 9.17) is 9.47 Å². The van der Waals surface area contributed by atoms with Crippen LogP contribution in [0.3, 0.4) is 0 Å². The number of hydrogen-bond donors (Lipinski definition) is 0. The Hall–Kier alpha value is -3.31. The van der Waals surface area contributed by atoms with Gasteiger partial charge in [-0.25, -0.2) is 4.39 Å². The van der Waals surface area contributed by atoms with E-state index in [1.807, 2.05) is 30.5 Å². The molecule has 3 nitrogen and oxygen atoms in total. The van der Waals surface area contributed by atoms with Gasteiger partial charge in [-0.15, -0.1) is 0 Å². The van der Waals surface area contributed by atoms with E-state index >= 15 is 0 Å². The molecule has 0 radical (unpaired) electrons. The lowest BCUT2D eigenvalue weighted by Gasteiger charge is -2.12. The molecule has 0 aliphatic heterocycles. The maximum atomic E-state index is 14.6. The van der Waals surface area contributed by atoms with Crippen LogP contribution in [0.2, 0.25) is 0 Å². The van der Waals surface area contributed by atoms with Crippen molar-refractivity contribution in [2.45, 2.75) is 58.5 Å². The Labute approximate surface area is 219 Å². The van der Waals surface area contributed by atoms with Crippen molar-refractivity contribution in [2.75, 3.05) is 13.2 Å². The lowest BCUT2D eigenvalue weighted by molar-refractivity contribution is 0.0566. The molecular weight excluding hydrogens is 468 g/mol. The third-order valence-corrected chi connectivity index (χ3v) is 6.12. The smallest absolute Gasteiger partial charge is 0.201 e. The molecular formula is C32H37F2NO2. The van der Waals surface area contributed by atoms with Crippen molar-refractivity contribution < 1.29 is 18.3 Å². The van der Waals surface area contributed by atoms with Crippen molar-refractivity contribution in [3.05, 3.63) is 90.7 Å². The van der Waals surface area contributed by atoms with Crippen molar-refractivity contribution in [1.29, 1.82) is 0 Å². The SMILES string of the molecule is C=CCOc1ccc(-c2ccc(-c3ccc(C=CCCCC(C)OCCCCC)cn3)cc2)c(F)c1F. The first-order valence-corrected chi connectivity index (χ1v) is 13.1. The molecule has 0 aliphatic rings. The minimum absolute atomic E-state index is 0.111. The van der Waals surface area contributed by atoms with E-state index in [0.717, 1.165) is 49.1 Å². The Morgan fingerprint density at radius 1 is 0.946 bits per heavy atom. The van der Waals surface area contributed by atoms with Crippen LogP contribution in [0.4, 0.5) is 8.78 Å². The zero-order chi connectivity index (χ0) is 26.5. The topological polar surface area (TPSA) is 31.4 Å². The second-order valence-corrected chi connectivity index (χ2v) is 9.11. The number of halogens is 2. The van der Waals surface area contributed by atoms with Crippen molar-refractivity contribution in [1.82, 2.24) is 4.98 Å². The number of hydrogen-bond acceptors (Lipinski definition) is 3. The van der Waals surface area contributed by atoms with Crippen molar-refractivity contribution in [3.8, 4) is 28.1 Å². The number of unbranched alkanes of at least 4 members (excludes halogenated alkanes) is 3. The van der Waals surface area contributed by atoms with Gasteiger partial charge in [0.05, 0.1) is 11.8 Å². The highest BCUT2D eigenvalue weighted by Gasteiger charge is 2.15. The normalized spacial score (nSPS) is 12.1. The number of benzene rings is 2. The van der Waals surface area contributed by atoms with Gasteiger partial charge in [0.2, 0.25) is 5.82 Å². The van der Waals surface area contributed by atoms with Crippen LogP contribution in [0.25, 0.3) is 28.5 Å². The average Bonchev–Trinajstić information content (AvgIpc) is 2.92. The zero-order valence-corrected chi connectivity index (χ0v) is 21.9. The first-order valence-electron chi connectivity index (χ1n) is 13.1. The first kappa shape index (κ1) is 28.3. The van der Waals surface area contributed by atoms with Gasteiger partial charge in [0, 0.05) is 23.9 Å². The number of pyridine rings is 1. The van der Waals surface area contributed by atoms with Gasteiger partial charge in [-0.2, -0.15) is 4.39 Å². The summed E-state index contributed by atoms with van der Waals surface area (Å²) in [6.45, 7) is 8.84. The minimum Gasteiger partial charge on any atom is -0.486 e. The summed E-state index contributed by atoms with van der Waals surface area (Å²) in [4.78, 5) is 4.57. The highest BCUT2D eigenvalue weighted by atomic mass is 19.2. The summed E-state index contributed by atoms with van der Waals surface area (Å²) in [5, 5.41) is 0. The van der Waals surface area contributed by atoms with Gasteiger partial charge in [-0.1, -0.05) is 74.9 Å². The molecule has 1 atom stereocenters. The molecule has 0 N–H and O–H groups in total. The third-order valence-electron chi connectivity index (χ3n) is 6.12. The molecule has 0 aliphatic carbocycles. The van der Waals surface area contributed by atoms with Crippen molar-refractivity contribution >= 4 is 6.08 Å². The van der Waals surface area contributed by atoms with E-state index in [1.54, 1.807) is 12.1 Å². The van der Waals surface area contributed by atoms with Gasteiger partial charge < -0.3 is 9.47 Å². The molecule has 0 bridgehead atoms. The Kier molecular flexibility index (Phi) is 11.5. The lowest BCUT2D eigenvalue weighted by Crippen LogP contribution is -2.08. The van der Waals surface area contributed by atoms with E-state index in [2.05, 4.69) is 37.6 Å². The van der Waals surface area contributed by atoms with Crippen molar-refractivity contribution in [3.63, 3.8) is 0 Å². The summed E-state index contributed by atoms with van der Waals surface area (Å²) in [6.07, 6.45) is 14.7. The van der Waals surface area contributed by atoms with Gasteiger partial charge in [-0.05, 0) is 61.9 Å². The van der Waals surface area contributed by atoms with E-state index in [-0.39, 0.29) is 17.9 Å². The van der Waals surface area contributed by atoms with Crippen LogP contribution < -0.4 is 4.74 Å². The highest BCUT2D eigenvalue weighted by Crippen LogP contribution is 2.31. The summed E-state index contributed by atoms with van der Waals surface area (Å²) in [5.41, 5.74) is 3.52. The molecule has 1 aromatic heterocycles. The van der Waals surface area contributed by atoms with Gasteiger partial charge >= 0.3 is 0 Å². The number of rotatable bonds is 15. The number of aromatic nitrogens is 1. The fourth-order valence-corrected chi connectivity index (χ4v) is 3.97. The summed E-state index contributed by atoms with van der Waals surface area (Å²) >= 11 is 0. The fourth-order valence-electron chi connectivity index (χ4n) is 3.97. The number of allylic oxidation sites excluding steroid dienone is 1. The summed E-state index contributed by atoms with van der Waals surface area (Å²) in [5.74, 6) is -2.06. The fraction of sp³-hybridized carbons (Fsp3) is 0.344. The highest BCUT2D eigenvalue weighted by molar-refractivity contribution is 5.70. The molecule has 3 rings (SSSR count). The van der Waals surface area contributed by atoms with Crippen LogP contribution in [0.5, 0.6) is 5.75 Å². The Balaban J connectivity index is 1.52. The summed E-state index contributed by atoms with van der Waals surface area (Å²) in [7, 11) is 0. The van der Waals surface area contributed by atoms with Gasteiger partial charge in [0.25, 0.3) is 0 Å². The van der Waals surface area contributed by atoms with Crippen molar-refractivity contribution in [2.24, 2.45) is 0 Å². The summed E-state index contributed by atoms with van der Waals surface area (Å²) < 4.78 is 39.9. The molecule has 3 aromatic rings. The van der Waals surface area contributed by atoms with Crippen LogP contribution in [0, 0.1) is 11.6 Å². The quantitative estimate of drug-likeness (QED) is 0.152. The molecule has 0 saturated carbocycles. The van der Waals surface area contributed by atoms with Crippen LogP contribution in [-0.2, 0) is 4.74 Å². The molecule has 2 aromatic carbocycles. The lowest BCUT2D eigenvalue weighted by atomic mass is 10.0. The molecule has 196 valence electrons. The van der Waals surface area contributed by atoms with E-state index in [1.165, 1.54) is 31.1 Å². The van der Waals surface area contributed by atoms with Gasteiger partial charge in [0.1, 0.15) is 6.61 Å². The molecule has 0 amide bonds. The summed E-state index contributed by atoms with van der Waals surface area (Å²) in [6, 6.07) is 14.2. The second-order valence-electron chi connectivity index (χ2n) is 9.11. The monoisotopic (exact) mass is 505 g/mol. The average molecular weight is 506 g/mol. The Bertz CT molecular complexity index is 1140. The third kappa shape index (κ3) is 8.64. The molecule has 37 heavy (non-hydrogen) atoms. The van der Waals surface area contributed by atoms with Crippen LogP contribution >= 0.6 is 0 Å². The maximum absolute atomic E-state index is 14.6. The standard InChI is InChI=1S/C32H37F2NO2/c1-4-6-10-22-36-24(3)11-8-7-9-12-25-13-19-29(35-23-25)27-16-14-26(15-17-27)28-18-20-30(37-21-5-2)32(34)31(28)33/h5,9,12-20,23-24H,2,4,6-8,10-11,21-22H2,1,3H3. The largest absolute Gasteiger partial charge is 0.486 e. The van der Waals surface area contributed by atoms with Gasteiger partial charge in [0.15, 0.2) is 11.6 Å². The van der Waals surface area contributed by atoms with Crippen LogP contribution in [0.1, 0.15) is 57.9 Å². The van der Waals surface area contributed by atoms with E-state index < -0.39 is 11.6 Å². The Morgan fingerprint density at radius 2 is 1.73 bits per heavy atom. The molecule has 1 heterocycles. The predicted octanol–water partition coefficient (Wildman–Crippen LogP) is 9.04. The van der Waals surface area contributed by atoms with Crippen LogP contribution in [-0.4, -0.2) is 24.3 Å². The molecule has 5 heteroatoms. The molecule has 1 unspecified atom stereocenters. The Morgan fingerprint density at radius 3 is 2.43 bits per heavy atom. The number of ether oxygens (including phenoxy) is 2. The number of nitrogens with zero attached hydrogens (tertiary/aromatic N) is 1. The zero-order valence-electron chi connectivity index (χ0n) is 21.9. The molecule has 0 fully saturated rings. The molecule has 0 saturated heterocycles.